The Morgan fingerprint density at radius 2 is 2.33 bits per heavy atom. The average molecular weight is 164 g/mol. The van der Waals surface area contributed by atoms with Crippen molar-refractivity contribution in [3.05, 3.63) is 18.1 Å². The molecule has 0 bridgehead atoms. The Morgan fingerprint density at radius 1 is 1.50 bits per heavy atom. The fourth-order valence-electron chi connectivity index (χ4n) is 0.985. The molecule has 0 unspecified atom stereocenters. The van der Waals surface area contributed by atoms with Crippen molar-refractivity contribution in [3.63, 3.8) is 0 Å². The second-order valence-electron chi connectivity index (χ2n) is 2.49. The number of hydrogen-bond donors (Lipinski definition) is 0. The van der Waals surface area contributed by atoms with E-state index < -0.39 is 0 Å². The Morgan fingerprint density at radius 3 is 2.83 bits per heavy atom. The van der Waals surface area contributed by atoms with Gasteiger partial charge in [-0.25, -0.2) is 0 Å². The zero-order valence-corrected chi connectivity index (χ0v) is 6.85. The first-order valence-corrected chi connectivity index (χ1v) is 3.56. The summed E-state index contributed by atoms with van der Waals surface area (Å²) < 4.78 is 6.66. The molecule has 2 aromatic heterocycles. The lowest BCUT2D eigenvalue weighted by atomic mass is 10.4. The Bertz CT molecular complexity index is 390. The minimum Gasteiger partial charge on any atom is -0.332 e. The zero-order valence-electron chi connectivity index (χ0n) is 6.85. The molecular weight excluding hydrogens is 156 g/mol. The molecule has 62 valence electrons. The van der Waals surface area contributed by atoms with E-state index in [4.69, 9.17) is 4.52 Å². The van der Waals surface area contributed by atoms with Crippen LogP contribution in [-0.2, 0) is 7.05 Å². The van der Waals surface area contributed by atoms with Gasteiger partial charge in [-0.15, -0.1) is 0 Å². The molecule has 0 spiro atoms. The van der Waals surface area contributed by atoms with Crippen molar-refractivity contribution in [3.8, 4) is 11.6 Å². The van der Waals surface area contributed by atoms with Crippen LogP contribution >= 0.6 is 0 Å². The van der Waals surface area contributed by atoms with Crippen molar-refractivity contribution < 1.29 is 4.52 Å². The fraction of sp³-hybridized carbons (Fsp3) is 0.286. The third kappa shape index (κ3) is 0.990. The summed E-state index contributed by atoms with van der Waals surface area (Å²) in [4.78, 5) is 4.08. The Labute approximate surface area is 69.0 Å². The van der Waals surface area contributed by atoms with E-state index in [0.29, 0.717) is 11.7 Å². The van der Waals surface area contributed by atoms with Crippen LogP contribution in [0.3, 0.4) is 0 Å². The summed E-state index contributed by atoms with van der Waals surface area (Å²) in [5.41, 5.74) is 0.829. The van der Waals surface area contributed by atoms with Crippen LogP contribution in [0.25, 0.3) is 11.6 Å². The van der Waals surface area contributed by atoms with Gasteiger partial charge in [0, 0.05) is 13.2 Å². The molecule has 2 aromatic rings. The number of aromatic nitrogens is 4. The number of aryl methyl sites for hydroxylation is 2. The van der Waals surface area contributed by atoms with Crippen molar-refractivity contribution in [1.29, 1.82) is 0 Å². The highest BCUT2D eigenvalue weighted by Gasteiger charge is 2.08. The van der Waals surface area contributed by atoms with Gasteiger partial charge < -0.3 is 4.52 Å². The molecule has 0 N–H and O–H groups in total. The van der Waals surface area contributed by atoms with E-state index >= 15 is 0 Å². The van der Waals surface area contributed by atoms with Gasteiger partial charge in [0.15, 0.2) is 5.82 Å². The van der Waals surface area contributed by atoms with Gasteiger partial charge in [0.25, 0.3) is 5.89 Å². The molecule has 5 nitrogen and oxygen atoms in total. The molecule has 5 heteroatoms. The number of nitrogens with zero attached hydrogens (tertiary/aromatic N) is 4. The van der Waals surface area contributed by atoms with Crippen LogP contribution in [0, 0.1) is 6.92 Å². The predicted molar refractivity (Wildman–Crippen MR) is 41.2 cm³/mol. The fourth-order valence-corrected chi connectivity index (χ4v) is 0.985. The highest BCUT2D eigenvalue weighted by atomic mass is 16.5. The molecule has 0 aliphatic heterocycles. The number of rotatable bonds is 1. The Kier molecular flexibility index (Phi) is 1.43. The van der Waals surface area contributed by atoms with Crippen LogP contribution in [0.4, 0.5) is 0 Å². The van der Waals surface area contributed by atoms with E-state index in [-0.39, 0.29) is 0 Å². The molecule has 0 aromatic carbocycles. The molecule has 0 atom stereocenters. The molecule has 0 radical (unpaired) electrons. The lowest BCUT2D eigenvalue weighted by Crippen LogP contribution is -1.92. The van der Waals surface area contributed by atoms with E-state index in [1.54, 1.807) is 17.8 Å². The van der Waals surface area contributed by atoms with Gasteiger partial charge in [-0.1, -0.05) is 5.16 Å². The number of hydrogen-bond acceptors (Lipinski definition) is 4. The SMILES string of the molecule is Cc1noc(-c2ccnn2C)n1. The quantitative estimate of drug-likeness (QED) is 0.624. The maximum Gasteiger partial charge on any atom is 0.276 e. The highest BCUT2D eigenvalue weighted by Crippen LogP contribution is 2.14. The van der Waals surface area contributed by atoms with Crippen molar-refractivity contribution >= 4 is 0 Å². The minimum atomic E-state index is 0.507. The topological polar surface area (TPSA) is 56.7 Å². The van der Waals surface area contributed by atoms with Crippen molar-refractivity contribution in [2.75, 3.05) is 0 Å². The van der Waals surface area contributed by atoms with E-state index in [1.807, 2.05) is 13.1 Å². The maximum absolute atomic E-state index is 4.97. The molecule has 12 heavy (non-hydrogen) atoms. The molecule has 0 saturated heterocycles. The van der Waals surface area contributed by atoms with E-state index in [0.717, 1.165) is 5.69 Å². The largest absolute Gasteiger partial charge is 0.332 e. The Balaban J connectivity index is 2.50. The molecule has 0 saturated carbocycles. The van der Waals surface area contributed by atoms with Crippen LogP contribution in [-0.4, -0.2) is 19.9 Å². The van der Waals surface area contributed by atoms with E-state index in [1.165, 1.54) is 0 Å². The summed E-state index contributed by atoms with van der Waals surface area (Å²) in [6.07, 6.45) is 1.69. The van der Waals surface area contributed by atoms with E-state index in [2.05, 4.69) is 15.2 Å². The first-order valence-electron chi connectivity index (χ1n) is 3.56. The molecule has 0 aliphatic rings. The maximum atomic E-state index is 4.97. The Hall–Kier alpha value is -1.65. The van der Waals surface area contributed by atoms with Crippen LogP contribution in [0.2, 0.25) is 0 Å². The van der Waals surface area contributed by atoms with Crippen molar-refractivity contribution in [1.82, 2.24) is 19.9 Å². The smallest absolute Gasteiger partial charge is 0.276 e. The normalized spacial score (nSPS) is 10.5. The molecule has 2 heterocycles. The monoisotopic (exact) mass is 164 g/mol. The van der Waals surface area contributed by atoms with Crippen LogP contribution < -0.4 is 0 Å². The van der Waals surface area contributed by atoms with E-state index in [9.17, 15) is 0 Å². The highest BCUT2D eigenvalue weighted by molar-refractivity contribution is 5.45. The first-order chi connectivity index (χ1) is 5.77. The summed E-state index contributed by atoms with van der Waals surface area (Å²) in [7, 11) is 1.83. The van der Waals surface area contributed by atoms with Crippen molar-refractivity contribution in [2.24, 2.45) is 7.05 Å². The van der Waals surface area contributed by atoms with Gasteiger partial charge in [0.1, 0.15) is 5.69 Å². The summed E-state index contributed by atoms with van der Waals surface area (Å²) >= 11 is 0. The summed E-state index contributed by atoms with van der Waals surface area (Å²) in [6, 6.07) is 1.83. The van der Waals surface area contributed by atoms with Crippen molar-refractivity contribution in [2.45, 2.75) is 6.92 Å². The van der Waals surface area contributed by atoms with Gasteiger partial charge >= 0.3 is 0 Å². The summed E-state index contributed by atoms with van der Waals surface area (Å²) in [5.74, 6) is 1.14. The molecule has 2 rings (SSSR count). The lowest BCUT2D eigenvalue weighted by Gasteiger charge is -1.92. The molecule has 0 fully saturated rings. The molecule has 0 amide bonds. The lowest BCUT2D eigenvalue weighted by molar-refractivity contribution is 0.422. The van der Waals surface area contributed by atoms with Gasteiger partial charge in [-0.05, 0) is 13.0 Å². The van der Waals surface area contributed by atoms with Crippen LogP contribution in [0.1, 0.15) is 5.82 Å². The zero-order chi connectivity index (χ0) is 8.55. The molecular formula is C7H8N4O. The first kappa shape index (κ1) is 7.02. The van der Waals surface area contributed by atoms with Gasteiger partial charge in [0.2, 0.25) is 0 Å². The summed E-state index contributed by atoms with van der Waals surface area (Å²) in [5, 5.41) is 7.68. The molecule has 0 aliphatic carbocycles. The van der Waals surface area contributed by atoms with Crippen LogP contribution in [0.5, 0.6) is 0 Å². The van der Waals surface area contributed by atoms with Gasteiger partial charge in [0.05, 0.1) is 0 Å². The van der Waals surface area contributed by atoms with Crippen LogP contribution in [0.15, 0.2) is 16.8 Å². The predicted octanol–water partition coefficient (Wildman–Crippen LogP) is 0.779. The second kappa shape index (κ2) is 2.44. The van der Waals surface area contributed by atoms with Gasteiger partial charge in [-0.2, -0.15) is 10.1 Å². The second-order valence-corrected chi connectivity index (χ2v) is 2.49. The minimum absolute atomic E-state index is 0.507. The average Bonchev–Trinajstić information content (AvgIpc) is 2.58. The standard InChI is InChI=1S/C7H8N4O/c1-5-9-7(12-10-5)6-3-4-8-11(6)2/h3-4H,1-2H3. The summed E-state index contributed by atoms with van der Waals surface area (Å²) in [6.45, 7) is 1.78. The van der Waals surface area contributed by atoms with Gasteiger partial charge in [-0.3, -0.25) is 4.68 Å². The third-order valence-electron chi connectivity index (χ3n) is 1.57. The third-order valence-corrected chi connectivity index (χ3v) is 1.57.